The third-order valence-electron chi connectivity index (χ3n) is 3.60. The van der Waals surface area contributed by atoms with Crippen LogP contribution in [0.3, 0.4) is 0 Å². The van der Waals surface area contributed by atoms with Gasteiger partial charge in [0, 0.05) is 6.20 Å². The number of nitrogens with zero attached hydrogens (tertiary/aromatic N) is 1. The molecule has 0 saturated carbocycles. The molecular formula is C15H15NO2. The highest BCUT2D eigenvalue weighted by Crippen LogP contribution is 2.33. The second kappa shape index (κ2) is 4.41. The van der Waals surface area contributed by atoms with Gasteiger partial charge in [-0.05, 0) is 49.4 Å². The number of ketones is 1. The Kier molecular flexibility index (Phi) is 2.74. The van der Waals surface area contributed by atoms with Crippen LogP contribution in [0.15, 0.2) is 35.1 Å². The SMILES string of the molecule is Cc1ccoc1C(=O)C1CCCc2cccnc21. The minimum Gasteiger partial charge on any atom is -0.461 e. The Morgan fingerprint density at radius 1 is 1.44 bits per heavy atom. The molecule has 3 heteroatoms. The van der Waals surface area contributed by atoms with E-state index in [1.165, 1.54) is 5.56 Å². The number of aryl methyl sites for hydroxylation is 2. The number of Topliss-reactive ketones (excluding diaryl/α,β-unsaturated/α-hetero) is 1. The lowest BCUT2D eigenvalue weighted by molar-refractivity contribution is 0.0920. The molecule has 2 aromatic heterocycles. The predicted octanol–water partition coefficient (Wildman–Crippen LogP) is 3.29. The van der Waals surface area contributed by atoms with Crippen LogP contribution in [0.4, 0.5) is 0 Å². The van der Waals surface area contributed by atoms with Gasteiger partial charge in [0.2, 0.25) is 5.78 Å². The highest BCUT2D eigenvalue weighted by Gasteiger charge is 2.30. The van der Waals surface area contributed by atoms with Gasteiger partial charge in [-0.15, -0.1) is 0 Å². The second-order valence-corrected chi connectivity index (χ2v) is 4.79. The van der Waals surface area contributed by atoms with Crippen molar-refractivity contribution in [1.29, 1.82) is 0 Å². The van der Waals surface area contributed by atoms with E-state index in [2.05, 4.69) is 11.1 Å². The Hall–Kier alpha value is -1.90. The molecule has 3 nitrogen and oxygen atoms in total. The lowest BCUT2D eigenvalue weighted by Gasteiger charge is -2.22. The molecule has 92 valence electrons. The summed E-state index contributed by atoms with van der Waals surface area (Å²) in [6.45, 7) is 1.90. The molecule has 1 unspecified atom stereocenters. The van der Waals surface area contributed by atoms with Crippen molar-refractivity contribution in [3.05, 3.63) is 53.2 Å². The smallest absolute Gasteiger partial charge is 0.207 e. The summed E-state index contributed by atoms with van der Waals surface area (Å²) in [4.78, 5) is 16.9. The molecule has 0 bridgehead atoms. The number of carbonyl (C=O) groups excluding carboxylic acids is 1. The molecule has 0 N–H and O–H groups in total. The average molecular weight is 241 g/mol. The zero-order chi connectivity index (χ0) is 12.5. The van der Waals surface area contributed by atoms with Crippen molar-refractivity contribution in [1.82, 2.24) is 4.98 Å². The molecule has 0 radical (unpaired) electrons. The van der Waals surface area contributed by atoms with Crippen molar-refractivity contribution in [2.45, 2.75) is 32.1 Å². The van der Waals surface area contributed by atoms with Crippen molar-refractivity contribution in [2.75, 3.05) is 0 Å². The summed E-state index contributed by atoms with van der Waals surface area (Å²) in [5.74, 6) is 0.412. The van der Waals surface area contributed by atoms with Gasteiger partial charge in [-0.1, -0.05) is 6.07 Å². The Morgan fingerprint density at radius 3 is 3.11 bits per heavy atom. The lowest BCUT2D eigenvalue weighted by atomic mass is 9.83. The number of furan rings is 1. The van der Waals surface area contributed by atoms with E-state index in [0.29, 0.717) is 5.76 Å². The Bertz CT molecular complexity index is 586. The molecule has 0 amide bonds. The van der Waals surface area contributed by atoms with E-state index in [-0.39, 0.29) is 11.7 Å². The highest BCUT2D eigenvalue weighted by atomic mass is 16.3. The molecule has 1 aliphatic rings. The van der Waals surface area contributed by atoms with Crippen molar-refractivity contribution in [3.63, 3.8) is 0 Å². The molecular weight excluding hydrogens is 226 g/mol. The summed E-state index contributed by atoms with van der Waals surface area (Å²) < 4.78 is 5.32. The van der Waals surface area contributed by atoms with Crippen LogP contribution in [0, 0.1) is 6.92 Å². The predicted molar refractivity (Wildman–Crippen MR) is 67.7 cm³/mol. The molecule has 0 aromatic carbocycles. The molecule has 18 heavy (non-hydrogen) atoms. The third kappa shape index (κ3) is 1.76. The van der Waals surface area contributed by atoms with Gasteiger partial charge in [-0.2, -0.15) is 0 Å². The van der Waals surface area contributed by atoms with Gasteiger partial charge in [-0.25, -0.2) is 0 Å². The number of fused-ring (bicyclic) bond motifs is 1. The van der Waals surface area contributed by atoms with Crippen LogP contribution in [-0.2, 0) is 6.42 Å². The Labute approximate surface area is 106 Å². The van der Waals surface area contributed by atoms with Gasteiger partial charge in [0.15, 0.2) is 5.76 Å². The van der Waals surface area contributed by atoms with Gasteiger partial charge < -0.3 is 4.42 Å². The maximum absolute atomic E-state index is 12.5. The summed E-state index contributed by atoms with van der Waals surface area (Å²) >= 11 is 0. The highest BCUT2D eigenvalue weighted by molar-refractivity contribution is 5.99. The molecule has 2 aromatic rings. The molecule has 0 fully saturated rings. The topological polar surface area (TPSA) is 43.1 Å². The second-order valence-electron chi connectivity index (χ2n) is 4.79. The van der Waals surface area contributed by atoms with Crippen molar-refractivity contribution >= 4 is 5.78 Å². The van der Waals surface area contributed by atoms with Crippen LogP contribution < -0.4 is 0 Å². The zero-order valence-electron chi connectivity index (χ0n) is 10.3. The van der Waals surface area contributed by atoms with Gasteiger partial charge in [0.25, 0.3) is 0 Å². The van der Waals surface area contributed by atoms with E-state index in [1.54, 1.807) is 12.5 Å². The first-order valence-electron chi connectivity index (χ1n) is 6.29. The number of carbonyl (C=O) groups is 1. The monoisotopic (exact) mass is 241 g/mol. The Balaban J connectivity index is 2.00. The van der Waals surface area contributed by atoms with E-state index in [4.69, 9.17) is 4.42 Å². The van der Waals surface area contributed by atoms with E-state index < -0.39 is 0 Å². The summed E-state index contributed by atoms with van der Waals surface area (Å²) in [6.07, 6.45) is 6.26. The maximum atomic E-state index is 12.5. The van der Waals surface area contributed by atoms with Gasteiger partial charge in [0.05, 0.1) is 17.9 Å². The molecule has 1 aliphatic carbocycles. The molecule has 1 atom stereocenters. The summed E-state index contributed by atoms with van der Waals surface area (Å²) in [6, 6.07) is 5.83. The van der Waals surface area contributed by atoms with Crippen molar-refractivity contribution < 1.29 is 9.21 Å². The van der Waals surface area contributed by atoms with E-state index in [1.807, 2.05) is 19.1 Å². The van der Waals surface area contributed by atoms with Crippen LogP contribution in [-0.4, -0.2) is 10.8 Å². The van der Waals surface area contributed by atoms with Crippen molar-refractivity contribution in [3.8, 4) is 0 Å². The summed E-state index contributed by atoms with van der Waals surface area (Å²) in [5, 5.41) is 0. The fraction of sp³-hybridized carbons (Fsp3) is 0.333. The van der Waals surface area contributed by atoms with Crippen LogP contribution in [0.1, 0.15) is 46.1 Å². The van der Waals surface area contributed by atoms with Crippen LogP contribution in [0.2, 0.25) is 0 Å². The first-order valence-corrected chi connectivity index (χ1v) is 6.29. The van der Waals surface area contributed by atoms with Crippen LogP contribution in [0.25, 0.3) is 0 Å². The van der Waals surface area contributed by atoms with Gasteiger partial charge in [0.1, 0.15) is 0 Å². The standard InChI is InChI=1S/C15H15NO2/c1-10-7-9-18-15(10)14(17)12-6-2-4-11-5-3-8-16-13(11)12/h3,5,7-9,12H,2,4,6H2,1H3. The lowest BCUT2D eigenvalue weighted by Crippen LogP contribution is -2.20. The first kappa shape index (κ1) is 11.2. The van der Waals surface area contributed by atoms with Crippen LogP contribution >= 0.6 is 0 Å². The number of rotatable bonds is 2. The molecule has 0 saturated heterocycles. The molecule has 2 heterocycles. The summed E-state index contributed by atoms with van der Waals surface area (Å²) in [7, 11) is 0. The number of hydrogen-bond donors (Lipinski definition) is 0. The van der Waals surface area contributed by atoms with E-state index in [0.717, 1.165) is 30.5 Å². The van der Waals surface area contributed by atoms with Crippen molar-refractivity contribution in [2.24, 2.45) is 0 Å². The van der Waals surface area contributed by atoms with E-state index >= 15 is 0 Å². The normalized spacial score (nSPS) is 18.4. The quantitative estimate of drug-likeness (QED) is 0.758. The van der Waals surface area contributed by atoms with Crippen LogP contribution in [0.5, 0.6) is 0 Å². The summed E-state index contributed by atoms with van der Waals surface area (Å²) in [5.41, 5.74) is 3.04. The average Bonchev–Trinajstić information content (AvgIpc) is 2.83. The minimum absolute atomic E-state index is 0.0668. The molecule has 0 aliphatic heterocycles. The molecule has 3 rings (SSSR count). The maximum Gasteiger partial charge on any atom is 0.207 e. The number of pyridine rings is 1. The van der Waals surface area contributed by atoms with Gasteiger partial charge in [-0.3, -0.25) is 9.78 Å². The minimum atomic E-state index is -0.139. The zero-order valence-corrected chi connectivity index (χ0v) is 10.3. The van der Waals surface area contributed by atoms with E-state index in [9.17, 15) is 4.79 Å². The van der Waals surface area contributed by atoms with Gasteiger partial charge >= 0.3 is 0 Å². The number of hydrogen-bond acceptors (Lipinski definition) is 3. The number of aromatic nitrogens is 1. The largest absolute Gasteiger partial charge is 0.461 e. The first-order chi connectivity index (χ1) is 8.77. The molecule has 0 spiro atoms. The fourth-order valence-corrected chi connectivity index (χ4v) is 2.65. The third-order valence-corrected chi connectivity index (χ3v) is 3.60. The Morgan fingerprint density at radius 2 is 2.33 bits per heavy atom. The fourth-order valence-electron chi connectivity index (χ4n) is 2.65.